The van der Waals surface area contributed by atoms with Crippen LogP contribution in [0.3, 0.4) is 0 Å². The van der Waals surface area contributed by atoms with E-state index in [1.165, 1.54) is 0 Å². The van der Waals surface area contributed by atoms with Crippen LogP contribution in [0, 0.1) is 5.92 Å². The number of nitrogens with one attached hydrogen (secondary N) is 2. The number of rotatable bonds is 5. The fourth-order valence-corrected chi connectivity index (χ4v) is 3.33. The van der Waals surface area contributed by atoms with E-state index in [0.29, 0.717) is 15.6 Å². The summed E-state index contributed by atoms with van der Waals surface area (Å²) in [7, 11) is 0. The lowest BCUT2D eigenvalue weighted by Gasteiger charge is -2.22. The zero-order valence-corrected chi connectivity index (χ0v) is 12.9. The molecule has 1 aliphatic heterocycles. The van der Waals surface area contributed by atoms with Crippen LogP contribution in [0.25, 0.3) is 0 Å². The normalized spacial score (nSPS) is 16.2. The zero-order valence-electron chi connectivity index (χ0n) is 11.4. The lowest BCUT2D eigenvalue weighted by atomic mass is 9.97. The van der Waals surface area contributed by atoms with Gasteiger partial charge in [0.1, 0.15) is 0 Å². The van der Waals surface area contributed by atoms with E-state index in [2.05, 4.69) is 10.6 Å². The van der Waals surface area contributed by atoms with Gasteiger partial charge in [-0.25, -0.2) is 8.78 Å². The second kappa shape index (κ2) is 7.96. The molecule has 0 bridgehead atoms. The van der Waals surface area contributed by atoms with Crippen LogP contribution < -0.4 is 10.6 Å². The van der Waals surface area contributed by atoms with Crippen molar-refractivity contribution in [2.75, 3.05) is 24.2 Å². The van der Waals surface area contributed by atoms with Crippen LogP contribution in [0.5, 0.6) is 0 Å². The van der Waals surface area contributed by atoms with Crippen molar-refractivity contribution in [1.82, 2.24) is 5.32 Å². The topological polar surface area (TPSA) is 41.1 Å². The third-order valence-corrected chi connectivity index (χ3v) is 4.86. The molecular weight excluding hydrogens is 318 g/mol. The molecule has 0 saturated carbocycles. The molecule has 2 N–H and O–H groups in total. The number of amides is 1. The summed E-state index contributed by atoms with van der Waals surface area (Å²) in [6, 6.07) is 5.03. The zero-order chi connectivity index (χ0) is 15.2. The van der Waals surface area contributed by atoms with Crippen LogP contribution >= 0.6 is 23.4 Å². The smallest absolute Gasteiger partial charge is 0.247 e. The molecule has 7 heteroatoms. The van der Waals surface area contributed by atoms with E-state index < -0.39 is 6.43 Å². The Bertz CT molecular complexity index is 496. The van der Waals surface area contributed by atoms with Gasteiger partial charge in [0.15, 0.2) is 0 Å². The maximum atomic E-state index is 12.4. The van der Waals surface area contributed by atoms with Gasteiger partial charge in [-0.1, -0.05) is 17.7 Å². The minimum Gasteiger partial charge on any atom is -0.325 e. The molecule has 1 aromatic carbocycles. The lowest BCUT2D eigenvalue weighted by Crippen LogP contribution is -2.34. The predicted molar refractivity (Wildman–Crippen MR) is 82.4 cm³/mol. The van der Waals surface area contributed by atoms with Gasteiger partial charge < -0.3 is 10.6 Å². The van der Waals surface area contributed by atoms with Crippen molar-refractivity contribution in [2.24, 2.45) is 5.92 Å². The van der Waals surface area contributed by atoms with Gasteiger partial charge in [-0.2, -0.15) is 0 Å². The van der Waals surface area contributed by atoms with E-state index in [1.807, 2.05) is 0 Å². The summed E-state index contributed by atoms with van der Waals surface area (Å²) in [5.41, 5.74) is 0.511. The molecule has 3 nitrogen and oxygen atoms in total. The summed E-state index contributed by atoms with van der Waals surface area (Å²) in [4.78, 5) is 12.7. The molecule has 0 unspecified atom stereocenters. The van der Waals surface area contributed by atoms with Crippen LogP contribution in [0.1, 0.15) is 12.8 Å². The minimum absolute atomic E-state index is 0.0434. The van der Waals surface area contributed by atoms with Crippen LogP contribution in [-0.2, 0) is 4.79 Å². The number of hydrogen-bond acceptors (Lipinski definition) is 3. The second-order valence-corrected chi connectivity index (χ2v) is 6.27. The van der Waals surface area contributed by atoms with Crippen LogP contribution in [-0.4, -0.2) is 31.2 Å². The Labute approximate surface area is 131 Å². The van der Waals surface area contributed by atoms with Gasteiger partial charge in [-0.05, 0) is 38.1 Å². The SMILES string of the molecule is O=C(Nc1cccc(Cl)c1SCC(F)F)C1CCNCC1. The highest BCUT2D eigenvalue weighted by atomic mass is 35.5. The standard InChI is InChI=1S/C14H17ClF2N2OS/c15-10-2-1-3-11(13(10)21-8-12(16)17)19-14(20)9-4-6-18-7-5-9/h1-3,9,12,18H,4-8H2,(H,19,20). The number of halogens is 3. The molecule has 1 fully saturated rings. The molecule has 116 valence electrons. The van der Waals surface area contributed by atoms with Gasteiger partial charge in [0.25, 0.3) is 0 Å². The first kappa shape index (κ1) is 16.5. The van der Waals surface area contributed by atoms with E-state index in [0.717, 1.165) is 37.7 Å². The molecule has 1 aromatic rings. The molecule has 21 heavy (non-hydrogen) atoms. The molecule has 1 saturated heterocycles. The summed E-state index contributed by atoms with van der Waals surface area (Å²) in [6.07, 6.45) is -0.850. The first-order valence-corrected chi connectivity index (χ1v) is 8.15. The monoisotopic (exact) mass is 334 g/mol. The number of hydrogen-bond donors (Lipinski definition) is 2. The average molecular weight is 335 g/mol. The maximum Gasteiger partial charge on any atom is 0.247 e. The number of carbonyl (C=O) groups is 1. The van der Waals surface area contributed by atoms with Crippen molar-refractivity contribution in [1.29, 1.82) is 0 Å². The van der Waals surface area contributed by atoms with E-state index in [-0.39, 0.29) is 17.6 Å². The Kier molecular flexibility index (Phi) is 6.26. The highest BCUT2D eigenvalue weighted by molar-refractivity contribution is 7.99. The molecule has 0 aliphatic carbocycles. The second-order valence-electron chi connectivity index (χ2n) is 4.83. The summed E-state index contributed by atoms with van der Waals surface area (Å²) in [6.45, 7) is 1.64. The van der Waals surface area contributed by atoms with E-state index >= 15 is 0 Å². The molecule has 1 amide bonds. The Morgan fingerprint density at radius 1 is 1.43 bits per heavy atom. The van der Waals surface area contributed by atoms with Crippen molar-refractivity contribution in [3.63, 3.8) is 0 Å². The number of alkyl halides is 2. The Balaban J connectivity index is 2.07. The first-order chi connectivity index (χ1) is 10.1. The van der Waals surface area contributed by atoms with E-state index in [4.69, 9.17) is 11.6 Å². The molecule has 0 spiro atoms. The molecule has 2 rings (SSSR count). The summed E-state index contributed by atoms with van der Waals surface area (Å²) in [5, 5.41) is 6.40. The Morgan fingerprint density at radius 2 is 2.14 bits per heavy atom. The summed E-state index contributed by atoms with van der Waals surface area (Å²) in [5.74, 6) is -0.462. The van der Waals surface area contributed by atoms with Gasteiger partial charge in [0.2, 0.25) is 12.3 Å². The molecule has 1 aliphatic rings. The maximum absolute atomic E-state index is 12.4. The first-order valence-electron chi connectivity index (χ1n) is 6.79. The lowest BCUT2D eigenvalue weighted by molar-refractivity contribution is -0.120. The van der Waals surface area contributed by atoms with Gasteiger partial charge in [0, 0.05) is 10.8 Å². The van der Waals surface area contributed by atoms with Crippen LogP contribution in [0.15, 0.2) is 23.1 Å². The Hall–Kier alpha value is -0.850. The fourth-order valence-electron chi connectivity index (χ4n) is 2.22. The van der Waals surface area contributed by atoms with E-state index in [9.17, 15) is 13.6 Å². The molecule has 0 aromatic heterocycles. The molecule has 0 radical (unpaired) electrons. The highest BCUT2D eigenvalue weighted by Crippen LogP contribution is 2.35. The number of carbonyl (C=O) groups excluding carboxylic acids is 1. The molecular formula is C14H17ClF2N2OS. The number of piperidine rings is 1. The highest BCUT2D eigenvalue weighted by Gasteiger charge is 2.22. The fraction of sp³-hybridized carbons (Fsp3) is 0.500. The van der Waals surface area contributed by atoms with Crippen molar-refractivity contribution in [2.45, 2.75) is 24.2 Å². The predicted octanol–water partition coefficient (Wildman–Crippen LogP) is 3.64. The number of benzene rings is 1. The quantitative estimate of drug-likeness (QED) is 0.808. The minimum atomic E-state index is -2.42. The number of anilines is 1. The van der Waals surface area contributed by atoms with Crippen molar-refractivity contribution in [3.8, 4) is 0 Å². The largest absolute Gasteiger partial charge is 0.325 e. The van der Waals surface area contributed by atoms with Crippen LogP contribution in [0.2, 0.25) is 5.02 Å². The molecule has 1 heterocycles. The van der Waals surface area contributed by atoms with Gasteiger partial charge in [0.05, 0.1) is 16.5 Å². The third-order valence-electron chi connectivity index (χ3n) is 3.29. The van der Waals surface area contributed by atoms with E-state index in [1.54, 1.807) is 18.2 Å². The Morgan fingerprint density at radius 3 is 2.81 bits per heavy atom. The summed E-state index contributed by atoms with van der Waals surface area (Å²) < 4.78 is 24.8. The van der Waals surface area contributed by atoms with Crippen molar-refractivity contribution >= 4 is 35.0 Å². The van der Waals surface area contributed by atoms with Gasteiger partial charge in [-0.15, -0.1) is 11.8 Å². The third kappa shape index (κ3) is 4.83. The van der Waals surface area contributed by atoms with Crippen LogP contribution in [0.4, 0.5) is 14.5 Å². The van der Waals surface area contributed by atoms with Gasteiger partial charge in [-0.3, -0.25) is 4.79 Å². The van der Waals surface area contributed by atoms with Crippen molar-refractivity contribution < 1.29 is 13.6 Å². The average Bonchev–Trinajstić information content (AvgIpc) is 2.47. The summed E-state index contributed by atoms with van der Waals surface area (Å²) >= 11 is 7.02. The number of thioether (sulfide) groups is 1. The van der Waals surface area contributed by atoms with Gasteiger partial charge >= 0.3 is 0 Å². The van der Waals surface area contributed by atoms with Crippen molar-refractivity contribution in [3.05, 3.63) is 23.2 Å². The molecule has 0 atom stereocenters.